The third-order valence-corrected chi connectivity index (χ3v) is 5.03. The predicted molar refractivity (Wildman–Crippen MR) is 81.3 cm³/mol. The van der Waals surface area contributed by atoms with Crippen molar-refractivity contribution in [2.75, 3.05) is 0 Å². The molecule has 19 heavy (non-hydrogen) atoms. The zero-order valence-electron chi connectivity index (χ0n) is 10.2. The van der Waals surface area contributed by atoms with Crippen molar-refractivity contribution in [3.8, 4) is 10.6 Å². The monoisotopic (exact) mass is 284 g/mol. The lowest BCUT2D eigenvalue weighted by molar-refractivity contribution is 1.21. The quantitative estimate of drug-likeness (QED) is 0.660. The van der Waals surface area contributed by atoms with Gasteiger partial charge in [0.25, 0.3) is 0 Å². The molecule has 0 N–H and O–H groups in total. The molecule has 0 spiro atoms. The fraction of sp³-hybridized carbons (Fsp3) is 0.0667. The molecule has 0 amide bonds. The van der Waals surface area contributed by atoms with Gasteiger partial charge in [0.2, 0.25) is 0 Å². The zero-order chi connectivity index (χ0) is 12.9. The Morgan fingerprint density at radius 1 is 1.00 bits per heavy atom. The molecule has 2 nitrogen and oxygen atoms in total. The van der Waals surface area contributed by atoms with Crippen LogP contribution in [0.3, 0.4) is 0 Å². The van der Waals surface area contributed by atoms with E-state index in [1.54, 1.807) is 29.9 Å². The standard InChI is InChI=1S/C15H12N2S2/c1-2-4-12(5-3-1)11-18-15-7-6-14(19-15)13-10-16-8-9-17-13/h1-10H,11H2. The molecule has 0 radical (unpaired) electrons. The highest BCUT2D eigenvalue weighted by Crippen LogP contribution is 2.34. The Labute approximate surface area is 120 Å². The summed E-state index contributed by atoms with van der Waals surface area (Å²) in [5.41, 5.74) is 2.29. The molecule has 0 aliphatic carbocycles. The van der Waals surface area contributed by atoms with Crippen LogP contribution in [0.1, 0.15) is 5.56 Å². The maximum absolute atomic E-state index is 4.32. The van der Waals surface area contributed by atoms with Crippen molar-refractivity contribution in [1.29, 1.82) is 0 Å². The Bertz CT molecular complexity index is 636. The van der Waals surface area contributed by atoms with E-state index in [0.717, 1.165) is 11.4 Å². The third kappa shape index (κ3) is 3.22. The summed E-state index contributed by atoms with van der Waals surface area (Å²) in [7, 11) is 0. The Hall–Kier alpha value is -1.65. The van der Waals surface area contributed by atoms with E-state index in [9.17, 15) is 0 Å². The first-order chi connectivity index (χ1) is 9.42. The second-order valence-electron chi connectivity index (χ2n) is 3.98. The summed E-state index contributed by atoms with van der Waals surface area (Å²) in [6, 6.07) is 14.8. The van der Waals surface area contributed by atoms with Gasteiger partial charge in [-0.05, 0) is 17.7 Å². The molecule has 0 fully saturated rings. The van der Waals surface area contributed by atoms with Crippen LogP contribution in [0.2, 0.25) is 0 Å². The van der Waals surface area contributed by atoms with E-state index in [2.05, 4.69) is 46.4 Å². The van der Waals surface area contributed by atoms with E-state index < -0.39 is 0 Å². The van der Waals surface area contributed by atoms with Gasteiger partial charge in [-0.25, -0.2) is 0 Å². The second-order valence-corrected chi connectivity index (χ2v) is 6.34. The minimum Gasteiger partial charge on any atom is -0.261 e. The maximum atomic E-state index is 4.32. The summed E-state index contributed by atoms with van der Waals surface area (Å²) in [6.45, 7) is 0. The highest BCUT2D eigenvalue weighted by atomic mass is 32.2. The molecule has 0 atom stereocenters. The lowest BCUT2D eigenvalue weighted by Crippen LogP contribution is -1.79. The first-order valence-corrected chi connectivity index (χ1v) is 7.75. The van der Waals surface area contributed by atoms with Gasteiger partial charge in [-0.1, -0.05) is 30.3 Å². The van der Waals surface area contributed by atoms with E-state index in [-0.39, 0.29) is 0 Å². The molecule has 2 aromatic heterocycles. The summed E-state index contributed by atoms with van der Waals surface area (Å²) in [5, 5.41) is 0. The summed E-state index contributed by atoms with van der Waals surface area (Å²) in [6.07, 6.45) is 5.23. The average Bonchev–Trinajstić information content (AvgIpc) is 2.96. The summed E-state index contributed by atoms with van der Waals surface area (Å²) in [5.74, 6) is 1.00. The van der Waals surface area contributed by atoms with Gasteiger partial charge in [-0.15, -0.1) is 23.1 Å². The Balaban J connectivity index is 1.69. The van der Waals surface area contributed by atoms with Crippen molar-refractivity contribution in [2.24, 2.45) is 0 Å². The second kappa shape index (κ2) is 5.99. The van der Waals surface area contributed by atoms with Crippen LogP contribution in [0.5, 0.6) is 0 Å². The number of thiophene rings is 1. The van der Waals surface area contributed by atoms with Gasteiger partial charge in [0.1, 0.15) is 0 Å². The minimum atomic E-state index is 0.944. The Morgan fingerprint density at radius 2 is 1.89 bits per heavy atom. The molecule has 3 rings (SSSR count). The van der Waals surface area contributed by atoms with Gasteiger partial charge < -0.3 is 0 Å². The molecular formula is C15H12N2S2. The predicted octanol–water partition coefficient (Wildman–Crippen LogP) is 4.50. The van der Waals surface area contributed by atoms with Crippen molar-refractivity contribution in [2.45, 2.75) is 9.96 Å². The fourth-order valence-corrected chi connectivity index (χ4v) is 3.74. The largest absolute Gasteiger partial charge is 0.261 e. The molecule has 0 aliphatic rings. The summed E-state index contributed by atoms with van der Waals surface area (Å²) in [4.78, 5) is 9.59. The SMILES string of the molecule is c1ccc(CSc2ccc(-c3cnccn3)s2)cc1. The van der Waals surface area contributed by atoms with E-state index in [1.807, 2.05) is 17.8 Å². The van der Waals surface area contributed by atoms with Gasteiger partial charge in [0.05, 0.1) is 21.0 Å². The van der Waals surface area contributed by atoms with Crippen LogP contribution in [-0.2, 0) is 5.75 Å². The van der Waals surface area contributed by atoms with E-state index in [1.165, 1.54) is 14.6 Å². The van der Waals surface area contributed by atoms with Crippen molar-refractivity contribution in [3.63, 3.8) is 0 Å². The topological polar surface area (TPSA) is 25.8 Å². The van der Waals surface area contributed by atoms with Crippen LogP contribution in [0.15, 0.2) is 65.3 Å². The molecule has 94 valence electrons. The molecule has 0 aliphatic heterocycles. The summed E-state index contributed by atoms with van der Waals surface area (Å²) >= 11 is 3.63. The van der Waals surface area contributed by atoms with E-state index in [4.69, 9.17) is 0 Å². The van der Waals surface area contributed by atoms with Crippen LogP contribution >= 0.6 is 23.1 Å². The van der Waals surface area contributed by atoms with Gasteiger partial charge >= 0.3 is 0 Å². The smallest absolute Gasteiger partial charge is 0.0985 e. The van der Waals surface area contributed by atoms with Gasteiger partial charge in [0.15, 0.2) is 0 Å². The van der Waals surface area contributed by atoms with Crippen LogP contribution in [0.25, 0.3) is 10.6 Å². The first kappa shape index (κ1) is 12.4. The zero-order valence-corrected chi connectivity index (χ0v) is 11.8. The molecule has 0 bridgehead atoms. The Morgan fingerprint density at radius 3 is 2.68 bits per heavy atom. The van der Waals surface area contributed by atoms with Gasteiger partial charge in [0, 0.05) is 18.1 Å². The molecule has 0 saturated carbocycles. The fourth-order valence-electron chi connectivity index (χ4n) is 1.69. The van der Waals surface area contributed by atoms with Crippen molar-refractivity contribution in [1.82, 2.24) is 9.97 Å². The van der Waals surface area contributed by atoms with Crippen LogP contribution < -0.4 is 0 Å². The van der Waals surface area contributed by atoms with E-state index >= 15 is 0 Å². The number of aromatic nitrogens is 2. The lowest BCUT2D eigenvalue weighted by atomic mass is 10.2. The first-order valence-electron chi connectivity index (χ1n) is 5.95. The lowest BCUT2D eigenvalue weighted by Gasteiger charge is -1.98. The van der Waals surface area contributed by atoms with Crippen LogP contribution in [-0.4, -0.2) is 9.97 Å². The maximum Gasteiger partial charge on any atom is 0.0985 e. The average molecular weight is 284 g/mol. The van der Waals surface area contributed by atoms with Crippen LogP contribution in [0.4, 0.5) is 0 Å². The van der Waals surface area contributed by atoms with Crippen molar-refractivity contribution in [3.05, 3.63) is 66.6 Å². The van der Waals surface area contributed by atoms with Crippen molar-refractivity contribution >= 4 is 23.1 Å². The number of benzene rings is 1. The highest BCUT2D eigenvalue weighted by Gasteiger charge is 2.04. The molecule has 0 unspecified atom stereocenters. The number of rotatable bonds is 4. The minimum absolute atomic E-state index is 0.944. The van der Waals surface area contributed by atoms with Crippen molar-refractivity contribution < 1.29 is 0 Å². The molecule has 1 aromatic carbocycles. The van der Waals surface area contributed by atoms with Crippen LogP contribution in [0, 0.1) is 0 Å². The molecule has 0 saturated heterocycles. The van der Waals surface area contributed by atoms with Gasteiger partial charge in [-0.3, -0.25) is 9.97 Å². The molecule has 2 heterocycles. The summed E-state index contributed by atoms with van der Waals surface area (Å²) < 4.78 is 1.31. The third-order valence-electron chi connectivity index (χ3n) is 2.62. The number of thioether (sulfide) groups is 1. The number of hydrogen-bond donors (Lipinski definition) is 0. The number of hydrogen-bond acceptors (Lipinski definition) is 4. The molecule has 4 heteroatoms. The highest BCUT2D eigenvalue weighted by molar-refractivity contribution is 8.00. The Kier molecular flexibility index (Phi) is 3.91. The van der Waals surface area contributed by atoms with E-state index in [0.29, 0.717) is 0 Å². The van der Waals surface area contributed by atoms with Gasteiger partial charge in [-0.2, -0.15) is 0 Å². The number of nitrogens with zero attached hydrogens (tertiary/aromatic N) is 2. The molecular weight excluding hydrogens is 272 g/mol. The molecule has 3 aromatic rings. The normalized spacial score (nSPS) is 10.5.